The standard InChI is InChI=1S/C8H14O4S/c1-6(8(9)10)4-13(11,12)5-7-2-3-7/h6-7H,2-5H2,1H3,(H,9,10). The molecular weight excluding hydrogens is 192 g/mol. The van der Waals surface area contributed by atoms with Crippen molar-refractivity contribution in [2.75, 3.05) is 11.5 Å². The molecule has 0 bridgehead atoms. The Bertz CT molecular complexity index is 289. The van der Waals surface area contributed by atoms with Crippen LogP contribution in [0.1, 0.15) is 19.8 Å². The van der Waals surface area contributed by atoms with Gasteiger partial charge >= 0.3 is 5.97 Å². The topological polar surface area (TPSA) is 71.4 Å². The van der Waals surface area contributed by atoms with Gasteiger partial charge in [-0.2, -0.15) is 0 Å². The molecule has 5 heteroatoms. The Hall–Kier alpha value is -0.580. The highest BCUT2D eigenvalue weighted by atomic mass is 32.2. The van der Waals surface area contributed by atoms with Gasteiger partial charge in [0.1, 0.15) is 0 Å². The Morgan fingerprint density at radius 1 is 1.54 bits per heavy atom. The van der Waals surface area contributed by atoms with Crippen LogP contribution in [-0.2, 0) is 14.6 Å². The summed E-state index contributed by atoms with van der Waals surface area (Å²) in [5.41, 5.74) is 0. The van der Waals surface area contributed by atoms with Crippen molar-refractivity contribution in [1.82, 2.24) is 0 Å². The third-order valence-electron chi connectivity index (χ3n) is 2.11. The van der Waals surface area contributed by atoms with Crippen LogP contribution in [0.5, 0.6) is 0 Å². The first-order valence-corrected chi connectivity index (χ1v) is 6.16. The predicted octanol–water partition coefficient (Wildman–Crippen LogP) is 0.532. The van der Waals surface area contributed by atoms with Gasteiger partial charge < -0.3 is 5.11 Å². The molecule has 0 radical (unpaired) electrons. The molecule has 0 heterocycles. The first kappa shape index (κ1) is 10.5. The van der Waals surface area contributed by atoms with E-state index in [-0.39, 0.29) is 11.5 Å². The van der Waals surface area contributed by atoms with Crippen LogP contribution in [0.15, 0.2) is 0 Å². The minimum Gasteiger partial charge on any atom is -0.481 e. The number of carboxylic acid groups (broad SMARTS) is 1. The van der Waals surface area contributed by atoms with E-state index in [1.807, 2.05) is 0 Å². The van der Waals surface area contributed by atoms with Gasteiger partial charge in [0.15, 0.2) is 9.84 Å². The number of carbonyl (C=O) groups is 1. The monoisotopic (exact) mass is 206 g/mol. The summed E-state index contributed by atoms with van der Waals surface area (Å²) in [4.78, 5) is 10.4. The van der Waals surface area contributed by atoms with Crippen LogP contribution in [0.4, 0.5) is 0 Å². The number of sulfone groups is 1. The Balaban J connectivity index is 2.45. The molecule has 1 fully saturated rings. The highest BCUT2D eigenvalue weighted by molar-refractivity contribution is 7.91. The van der Waals surface area contributed by atoms with Gasteiger partial charge in [0.05, 0.1) is 17.4 Å². The summed E-state index contributed by atoms with van der Waals surface area (Å²) >= 11 is 0. The second-order valence-corrected chi connectivity index (χ2v) is 5.91. The molecule has 1 saturated carbocycles. The van der Waals surface area contributed by atoms with Crippen molar-refractivity contribution in [2.45, 2.75) is 19.8 Å². The quantitative estimate of drug-likeness (QED) is 0.712. The van der Waals surface area contributed by atoms with Gasteiger partial charge in [0.25, 0.3) is 0 Å². The summed E-state index contributed by atoms with van der Waals surface area (Å²) in [5.74, 6) is -1.59. The Labute approximate surface area is 77.9 Å². The van der Waals surface area contributed by atoms with Crippen molar-refractivity contribution in [3.05, 3.63) is 0 Å². The minimum atomic E-state index is -3.14. The van der Waals surface area contributed by atoms with E-state index in [4.69, 9.17) is 5.11 Å². The zero-order chi connectivity index (χ0) is 10.1. The fourth-order valence-electron chi connectivity index (χ4n) is 1.16. The van der Waals surface area contributed by atoms with E-state index in [0.29, 0.717) is 5.92 Å². The van der Waals surface area contributed by atoms with Gasteiger partial charge in [-0.25, -0.2) is 8.42 Å². The zero-order valence-electron chi connectivity index (χ0n) is 7.56. The molecule has 1 unspecified atom stereocenters. The van der Waals surface area contributed by atoms with E-state index < -0.39 is 21.7 Å². The average molecular weight is 206 g/mol. The summed E-state index contributed by atoms with van der Waals surface area (Å²) in [6, 6.07) is 0. The molecule has 76 valence electrons. The lowest BCUT2D eigenvalue weighted by Crippen LogP contribution is -2.23. The molecule has 0 spiro atoms. The molecule has 1 atom stereocenters. The average Bonchev–Trinajstić information content (AvgIpc) is 2.69. The van der Waals surface area contributed by atoms with Crippen molar-refractivity contribution < 1.29 is 18.3 Å². The molecule has 13 heavy (non-hydrogen) atoms. The fraction of sp³-hybridized carbons (Fsp3) is 0.875. The molecule has 1 aliphatic rings. The van der Waals surface area contributed by atoms with Crippen LogP contribution in [0.25, 0.3) is 0 Å². The van der Waals surface area contributed by atoms with Crippen molar-refractivity contribution in [2.24, 2.45) is 11.8 Å². The van der Waals surface area contributed by atoms with Gasteiger partial charge in [0, 0.05) is 0 Å². The maximum atomic E-state index is 11.3. The predicted molar refractivity (Wildman–Crippen MR) is 48.2 cm³/mol. The highest BCUT2D eigenvalue weighted by Gasteiger charge is 2.30. The van der Waals surface area contributed by atoms with Gasteiger partial charge in [0.2, 0.25) is 0 Å². The lowest BCUT2D eigenvalue weighted by molar-refractivity contribution is -0.140. The second-order valence-electron chi connectivity index (χ2n) is 3.76. The first-order valence-electron chi connectivity index (χ1n) is 4.34. The Morgan fingerprint density at radius 3 is 2.46 bits per heavy atom. The lowest BCUT2D eigenvalue weighted by Gasteiger charge is -2.06. The van der Waals surface area contributed by atoms with E-state index in [9.17, 15) is 13.2 Å². The van der Waals surface area contributed by atoms with E-state index in [1.165, 1.54) is 6.92 Å². The maximum absolute atomic E-state index is 11.3. The molecule has 4 nitrogen and oxygen atoms in total. The summed E-state index contributed by atoms with van der Waals surface area (Å²) in [6.07, 6.45) is 1.95. The van der Waals surface area contributed by atoms with E-state index in [0.717, 1.165) is 12.8 Å². The first-order chi connectivity index (χ1) is 5.91. The number of hydrogen-bond donors (Lipinski definition) is 1. The molecule has 1 N–H and O–H groups in total. The lowest BCUT2D eigenvalue weighted by atomic mass is 10.2. The van der Waals surface area contributed by atoms with Crippen molar-refractivity contribution in [3.63, 3.8) is 0 Å². The van der Waals surface area contributed by atoms with Crippen LogP contribution in [-0.4, -0.2) is 31.0 Å². The van der Waals surface area contributed by atoms with E-state index in [1.54, 1.807) is 0 Å². The SMILES string of the molecule is CC(CS(=O)(=O)CC1CC1)C(=O)O. The van der Waals surface area contributed by atoms with Gasteiger partial charge in [-0.15, -0.1) is 0 Å². The molecule has 0 aliphatic heterocycles. The summed E-state index contributed by atoms with van der Waals surface area (Å²) in [6.45, 7) is 1.42. The minimum absolute atomic E-state index is 0.171. The van der Waals surface area contributed by atoms with E-state index >= 15 is 0 Å². The molecule has 0 aromatic heterocycles. The third-order valence-corrected chi connectivity index (χ3v) is 4.10. The smallest absolute Gasteiger partial charge is 0.307 e. The molecular formula is C8H14O4S. The number of rotatable bonds is 5. The van der Waals surface area contributed by atoms with Gasteiger partial charge in [-0.3, -0.25) is 4.79 Å². The summed E-state index contributed by atoms with van der Waals surface area (Å²) < 4.78 is 22.7. The molecule has 0 aromatic carbocycles. The second kappa shape index (κ2) is 3.65. The maximum Gasteiger partial charge on any atom is 0.307 e. The van der Waals surface area contributed by atoms with Crippen molar-refractivity contribution in [3.8, 4) is 0 Å². The summed E-state index contributed by atoms with van der Waals surface area (Å²) in [5, 5.41) is 8.53. The third kappa shape index (κ3) is 3.76. The zero-order valence-corrected chi connectivity index (χ0v) is 8.38. The number of hydrogen-bond acceptors (Lipinski definition) is 3. The molecule has 0 aromatic rings. The van der Waals surface area contributed by atoms with Gasteiger partial charge in [-0.1, -0.05) is 6.92 Å². The Morgan fingerprint density at radius 2 is 2.08 bits per heavy atom. The molecule has 0 amide bonds. The molecule has 0 saturated heterocycles. The molecule has 1 aliphatic carbocycles. The van der Waals surface area contributed by atoms with Crippen LogP contribution in [0, 0.1) is 11.8 Å². The van der Waals surface area contributed by atoms with Gasteiger partial charge in [-0.05, 0) is 18.8 Å². The van der Waals surface area contributed by atoms with Crippen LogP contribution >= 0.6 is 0 Å². The van der Waals surface area contributed by atoms with Crippen LogP contribution < -0.4 is 0 Å². The largest absolute Gasteiger partial charge is 0.481 e. The van der Waals surface area contributed by atoms with Crippen molar-refractivity contribution >= 4 is 15.8 Å². The number of carboxylic acids is 1. The van der Waals surface area contributed by atoms with Crippen LogP contribution in [0.3, 0.4) is 0 Å². The van der Waals surface area contributed by atoms with Crippen molar-refractivity contribution in [1.29, 1.82) is 0 Å². The highest BCUT2D eigenvalue weighted by Crippen LogP contribution is 2.30. The van der Waals surface area contributed by atoms with E-state index in [2.05, 4.69) is 0 Å². The van der Waals surface area contributed by atoms with Crippen LogP contribution in [0.2, 0.25) is 0 Å². The fourth-order valence-corrected chi connectivity index (χ4v) is 3.26. The molecule has 1 rings (SSSR count). The Kier molecular flexibility index (Phi) is 2.95. The normalized spacial score (nSPS) is 19.8. The summed E-state index contributed by atoms with van der Waals surface area (Å²) in [7, 11) is -3.14. The number of aliphatic carboxylic acids is 1.